The van der Waals surface area contributed by atoms with Gasteiger partial charge in [0.25, 0.3) is 0 Å². The normalized spacial score (nSPS) is 11.9. The van der Waals surface area contributed by atoms with Crippen molar-refractivity contribution < 1.29 is 34.7 Å². The van der Waals surface area contributed by atoms with Gasteiger partial charge >= 0.3 is 29.6 Å². The number of para-hydroxylation sites is 11. The van der Waals surface area contributed by atoms with Crippen molar-refractivity contribution in [3.8, 4) is 11.9 Å². The fourth-order valence-corrected chi connectivity index (χ4v) is 17.6. The van der Waals surface area contributed by atoms with E-state index in [-0.39, 0.29) is 29.6 Å². The van der Waals surface area contributed by atoms with Crippen LogP contribution in [0.2, 0.25) is 5.28 Å². The summed E-state index contributed by atoms with van der Waals surface area (Å²) < 4.78 is 14.2. The molecule has 0 saturated carbocycles. The summed E-state index contributed by atoms with van der Waals surface area (Å²) in [7, 11) is 0. The molecule has 15 aromatic carbocycles. The molecule has 112 heavy (non-hydrogen) atoms. The summed E-state index contributed by atoms with van der Waals surface area (Å²) in [5, 5.41) is 28.3. The van der Waals surface area contributed by atoms with E-state index in [1.54, 1.807) is 20.8 Å². The van der Waals surface area contributed by atoms with E-state index >= 15 is 0 Å². The number of aromatic amines is 1. The summed E-state index contributed by atoms with van der Waals surface area (Å²) in [6.45, 7) is 4.90. The smallest absolute Gasteiger partial charge is 0.850 e. The minimum absolute atomic E-state index is 0. The van der Waals surface area contributed by atoms with E-state index in [0.29, 0.717) is 5.28 Å². The molecular weight excluding hydrogens is 1610 g/mol. The average Bonchev–Trinajstić information content (AvgIpc) is 1.55. The molecule has 0 spiro atoms. The van der Waals surface area contributed by atoms with Crippen LogP contribution in [0.15, 0.2) is 323 Å². The minimum atomic E-state index is -0.750. The fourth-order valence-electron chi connectivity index (χ4n) is 15.9. The molecule has 532 valence electrons. The Hall–Kier alpha value is -11.4. The molecule has 13 nitrogen and oxygen atoms in total. The molecule has 0 fully saturated rings. The summed E-state index contributed by atoms with van der Waals surface area (Å²) in [6.07, 6.45) is 0. The van der Waals surface area contributed by atoms with Crippen molar-refractivity contribution in [2.24, 2.45) is 0 Å². The van der Waals surface area contributed by atoms with E-state index in [1.165, 1.54) is 75.7 Å². The summed E-state index contributed by atoms with van der Waals surface area (Å²) in [5.41, 5.74) is 17.5. The Morgan fingerprint density at radius 2 is 0.714 bits per heavy atom. The molecule has 24 rings (SSSR count). The first kappa shape index (κ1) is 70.9. The zero-order valence-electron chi connectivity index (χ0n) is 60.8. The molecule has 0 aliphatic rings. The van der Waals surface area contributed by atoms with Gasteiger partial charge in [0, 0.05) is 78.2 Å². The third kappa shape index (κ3) is 12.0. The number of aromatic nitrogens is 12. The van der Waals surface area contributed by atoms with Crippen molar-refractivity contribution >= 4 is 240 Å². The minimum Gasteiger partial charge on any atom is -0.850 e. The standard InChI is InChI=1S/2C30H17BrN4.C16H10BrN.C14H8ClN3.C4H9O.Na/c31-23-17-22-19-10-4-7-15-26(19)34(28(22)20-11-2-1-9-18(20)23)30-33-24-13-5-3-12-21(24)29-32-25-14-6-8-16-27(25)35(29)30;31-19-14-16-25-22(17-19)28-20-8-2-1-7-18(20)13-15-27(28)34(25)30-33-23-10-4-3-9-21(23)29-32-24-11-5-6-12-26(24)35(29)30;17-14-9-13-11-6-3-4-8-15(11)18-16(13)12-7-2-1-5-10(12)14;15-14-17-10-6-2-1-5-9(10)13-16-11-7-3-4-8-12(11)18(13)14;1-4(2,3)5;/h2*1-17H;1-9,18H;1-8H;1-3H3;/q;;;;-1;+1. The molecule has 0 aliphatic carbocycles. The molecule has 0 bridgehead atoms. The van der Waals surface area contributed by atoms with E-state index in [4.69, 9.17) is 31.5 Å². The zero-order chi connectivity index (χ0) is 74.9. The van der Waals surface area contributed by atoms with Crippen molar-refractivity contribution in [1.82, 2.24) is 57.2 Å². The zero-order valence-corrected chi connectivity index (χ0v) is 68.3. The van der Waals surface area contributed by atoms with Crippen molar-refractivity contribution in [1.29, 1.82) is 0 Å². The van der Waals surface area contributed by atoms with Gasteiger partial charge in [0.2, 0.25) is 17.2 Å². The second-order valence-electron chi connectivity index (χ2n) is 28.5. The number of fused-ring (bicyclic) bond motifs is 30. The number of hydrogen-bond donors (Lipinski definition) is 1. The Morgan fingerprint density at radius 3 is 1.29 bits per heavy atom. The van der Waals surface area contributed by atoms with Crippen LogP contribution < -0.4 is 34.7 Å². The molecule has 24 aromatic rings. The summed E-state index contributed by atoms with van der Waals surface area (Å²) in [4.78, 5) is 33.2. The van der Waals surface area contributed by atoms with Crippen LogP contribution >= 0.6 is 59.4 Å². The molecule has 9 heterocycles. The second-order valence-corrected chi connectivity index (χ2v) is 31.4. The quantitative estimate of drug-likeness (QED) is 0.134. The third-order valence-electron chi connectivity index (χ3n) is 20.5. The van der Waals surface area contributed by atoms with Gasteiger partial charge in [-0.2, -0.15) is 0 Å². The predicted molar refractivity (Wildman–Crippen MR) is 469 cm³/mol. The van der Waals surface area contributed by atoms with Crippen molar-refractivity contribution in [2.45, 2.75) is 26.4 Å². The van der Waals surface area contributed by atoms with Gasteiger partial charge in [-0.05, 0) is 154 Å². The van der Waals surface area contributed by atoms with Crippen LogP contribution in [0.4, 0.5) is 0 Å². The van der Waals surface area contributed by atoms with Gasteiger partial charge in [-0.25, -0.2) is 29.9 Å². The first-order valence-electron chi connectivity index (χ1n) is 36.4. The SMILES string of the molecule is Brc1cc2c3ccccc3[nH]c2c2ccccc12.Brc1cc2c3ccccc3n(-c3nc4ccccc4c4nc5ccccc5n34)c2c2ccccc12.Brc1ccc2c(c1)c1c3ccccc3ccc1n2-c1nc2ccccc2c2nc3ccccc3n12.CC(C)(C)[O-].Clc1nc2ccccc2c2nc3ccccc3n12.[Na+]. The van der Waals surface area contributed by atoms with Gasteiger partial charge in [0.1, 0.15) is 16.9 Å². The maximum atomic E-state index is 10.1. The van der Waals surface area contributed by atoms with E-state index in [9.17, 15) is 5.11 Å². The summed E-state index contributed by atoms with van der Waals surface area (Å²) >= 11 is 17.5. The third-order valence-corrected chi connectivity index (χ3v) is 22.5. The maximum Gasteiger partial charge on any atom is 1.00 e. The Kier molecular flexibility index (Phi) is 18.0. The van der Waals surface area contributed by atoms with Gasteiger partial charge < -0.3 is 10.1 Å². The second kappa shape index (κ2) is 28.4. The van der Waals surface area contributed by atoms with Crippen LogP contribution in [0.1, 0.15) is 20.8 Å². The Bertz CT molecular complexity index is 7950. The predicted octanol–water partition coefficient (Wildman–Crippen LogP) is 22.2. The molecule has 18 heteroatoms. The number of nitrogens with one attached hydrogen (secondary N) is 1. The molecule has 9 aromatic heterocycles. The number of hydrogen-bond acceptors (Lipinski definition) is 7. The van der Waals surface area contributed by atoms with Crippen LogP contribution in [-0.2, 0) is 0 Å². The molecular formula is C94H61Br3ClN12NaO. The number of rotatable bonds is 2. The molecule has 1 N–H and O–H groups in total. The Balaban J connectivity index is 0.000000102. The summed E-state index contributed by atoms with van der Waals surface area (Å²) in [5.74, 6) is 1.68. The van der Waals surface area contributed by atoms with Crippen LogP contribution in [0.5, 0.6) is 0 Å². The molecule has 0 unspecified atom stereocenters. The first-order valence-corrected chi connectivity index (χ1v) is 39.2. The van der Waals surface area contributed by atoms with E-state index in [0.717, 1.165) is 130 Å². The van der Waals surface area contributed by atoms with E-state index in [2.05, 4.69) is 311 Å². The first-order chi connectivity index (χ1) is 54.3. The number of nitrogens with zero attached hydrogens (tertiary/aromatic N) is 11. The van der Waals surface area contributed by atoms with E-state index < -0.39 is 5.60 Å². The topological polar surface area (TPSA) is 139 Å². The molecule has 0 atom stereocenters. The van der Waals surface area contributed by atoms with Gasteiger partial charge in [-0.15, -0.1) is 5.60 Å². The number of halogens is 4. The number of H-pyrrole nitrogens is 1. The van der Waals surface area contributed by atoms with Gasteiger partial charge in [0.15, 0.2) is 0 Å². The van der Waals surface area contributed by atoms with Gasteiger partial charge in [-0.1, -0.05) is 257 Å². The average molecular weight is 1670 g/mol. The largest absolute Gasteiger partial charge is 1.00 e. The molecule has 0 amide bonds. The van der Waals surface area contributed by atoms with Crippen LogP contribution in [0.3, 0.4) is 0 Å². The number of imidazole rings is 3. The van der Waals surface area contributed by atoms with Gasteiger partial charge in [-0.3, -0.25) is 22.3 Å². The van der Waals surface area contributed by atoms with Crippen molar-refractivity contribution in [3.63, 3.8) is 0 Å². The fraction of sp³-hybridized carbons (Fsp3) is 0.0426. The van der Waals surface area contributed by atoms with Crippen LogP contribution in [0, 0.1) is 0 Å². The summed E-state index contributed by atoms with van der Waals surface area (Å²) in [6, 6.07) is 107. The molecule has 0 radical (unpaired) electrons. The number of benzene rings is 15. The van der Waals surface area contributed by atoms with Crippen LogP contribution in [-0.4, -0.2) is 62.8 Å². The van der Waals surface area contributed by atoms with Crippen molar-refractivity contribution in [3.05, 3.63) is 328 Å². The Labute approximate surface area is 691 Å². The van der Waals surface area contributed by atoms with Gasteiger partial charge in [0.05, 0.1) is 77.2 Å². The van der Waals surface area contributed by atoms with Crippen LogP contribution in [0.25, 0.3) is 192 Å². The van der Waals surface area contributed by atoms with E-state index in [1.807, 2.05) is 83.3 Å². The van der Waals surface area contributed by atoms with Crippen molar-refractivity contribution in [2.75, 3.05) is 0 Å². The monoisotopic (exact) mass is 1670 g/mol. The maximum absolute atomic E-state index is 10.1. The molecule has 0 saturated heterocycles. The Morgan fingerprint density at radius 1 is 0.321 bits per heavy atom. The molecule has 0 aliphatic heterocycles.